The van der Waals surface area contributed by atoms with Crippen LogP contribution < -0.4 is 5.32 Å². The molecule has 0 amide bonds. The normalized spacial score (nSPS) is 22.2. The first-order chi connectivity index (χ1) is 7.72. The third kappa shape index (κ3) is 5.45. The van der Waals surface area contributed by atoms with Crippen molar-refractivity contribution in [2.45, 2.75) is 51.3 Å². The second-order valence-electron chi connectivity index (χ2n) is 4.50. The third-order valence-corrected chi connectivity index (χ3v) is 2.57. The van der Waals surface area contributed by atoms with Gasteiger partial charge < -0.3 is 9.47 Å². The van der Waals surface area contributed by atoms with Gasteiger partial charge in [-0.25, -0.2) is 0 Å². The Bertz CT molecular complexity index is 220. The molecule has 0 saturated carbocycles. The Morgan fingerprint density at radius 2 is 2.38 bits per heavy atom. The van der Waals surface area contributed by atoms with Crippen molar-refractivity contribution in [2.75, 3.05) is 19.8 Å². The zero-order chi connectivity index (χ0) is 11.8. The number of rotatable bonds is 7. The maximum atomic E-state index is 8.89. The van der Waals surface area contributed by atoms with Gasteiger partial charge in [0.15, 0.2) is 0 Å². The van der Waals surface area contributed by atoms with Crippen molar-refractivity contribution in [2.24, 2.45) is 0 Å². The fourth-order valence-corrected chi connectivity index (χ4v) is 1.78. The number of nitrogens with one attached hydrogen (secondary N) is 1. The second-order valence-corrected chi connectivity index (χ2v) is 4.50. The molecule has 1 heterocycles. The van der Waals surface area contributed by atoms with E-state index in [1.165, 1.54) is 0 Å². The van der Waals surface area contributed by atoms with Gasteiger partial charge in [-0.3, -0.25) is 5.32 Å². The summed E-state index contributed by atoms with van der Waals surface area (Å²) in [6.07, 6.45) is 3.26. The van der Waals surface area contributed by atoms with E-state index >= 15 is 0 Å². The molecule has 0 aromatic heterocycles. The fraction of sp³-hybridized carbons (Fsp3) is 0.917. The summed E-state index contributed by atoms with van der Waals surface area (Å²) in [5.74, 6) is 0. The lowest BCUT2D eigenvalue weighted by Crippen LogP contribution is -2.34. The van der Waals surface area contributed by atoms with Crippen LogP contribution in [-0.4, -0.2) is 38.0 Å². The first-order valence-corrected chi connectivity index (χ1v) is 6.07. The van der Waals surface area contributed by atoms with Crippen LogP contribution >= 0.6 is 0 Å². The molecule has 16 heavy (non-hydrogen) atoms. The molecule has 2 unspecified atom stereocenters. The van der Waals surface area contributed by atoms with Gasteiger partial charge in [0.05, 0.1) is 24.8 Å². The molecule has 4 nitrogen and oxygen atoms in total. The van der Waals surface area contributed by atoms with E-state index in [4.69, 9.17) is 14.7 Å². The summed E-state index contributed by atoms with van der Waals surface area (Å²) in [5.41, 5.74) is 0. The van der Waals surface area contributed by atoms with E-state index in [1.807, 2.05) is 13.8 Å². The SMILES string of the molecule is CC(C)NC(C#N)CCOCC1CCCO1. The lowest BCUT2D eigenvalue weighted by Gasteiger charge is -2.15. The quantitative estimate of drug-likeness (QED) is 0.668. The highest BCUT2D eigenvalue weighted by Crippen LogP contribution is 2.12. The number of hydrogen-bond acceptors (Lipinski definition) is 4. The molecule has 0 bridgehead atoms. The van der Waals surface area contributed by atoms with E-state index in [-0.39, 0.29) is 12.1 Å². The molecule has 1 rings (SSSR count). The average molecular weight is 226 g/mol. The van der Waals surface area contributed by atoms with Crippen LogP contribution in [0.5, 0.6) is 0 Å². The van der Waals surface area contributed by atoms with E-state index in [0.29, 0.717) is 19.3 Å². The Labute approximate surface area is 97.9 Å². The molecular formula is C12H22N2O2. The summed E-state index contributed by atoms with van der Waals surface area (Å²) in [6, 6.07) is 2.47. The maximum absolute atomic E-state index is 8.89. The predicted octanol–water partition coefficient (Wildman–Crippen LogP) is 1.46. The molecule has 2 atom stereocenters. The minimum Gasteiger partial charge on any atom is -0.379 e. The van der Waals surface area contributed by atoms with Gasteiger partial charge in [-0.15, -0.1) is 0 Å². The lowest BCUT2D eigenvalue weighted by molar-refractivity contribution is 0.0154. The molecular weight excluding hydrogens is 204 g/mol. The van der Waals surface area contributed by atoms with Gasteiger partial charge in [-0.1, -0.05) is 0 Å². The summed E-state index contributed by atoms with van der Waals surface area (Å²) in [6.45, 7) is 6.23. The van der Waals surface area contributed by atoms with Gasteiger partial charge in [0.1, 0.15) is 0 Å². The van der Waals surface area contributed by atoms with Gasteiger partial charge in [0, 0.05) is 19.3 Å². The van der Waals surface area contributed by atoms with E-state index in [0.717, 1.165) is 25.9 Å². The van der Waals surface area contributed by atoms with Crippen molar-refractivity contribution in [1.82, 2.24) is 5.32 Å². The number of ether oxygens (including phenoxy) is 2. The van der Waals surface area contributed by atoms with Crippen molar-refractivity contribution in [3.05, 3.63) is 0 Å². The van der Waals surface area contributed by atoms with Crippen LogP contribution in [0.25, 0.3) is 0 Å². The monoisotopic (exact) mass is 226 g/mol. The number of nitriles is 1. The van der Waals surface area contributed by atoms with Gasteiger partial charge in [0.25, 0.3) is 0 Å². The molecule has 0 aromatic carbocycles. The standard InChI is InChI=1S/C12H22N2O2/c1-10(2)14-11(8-13)5-7-15-9-12-4-3-6-16-12/h10-12,14H,3-7,9H2,1-2H3. The molecule has 1 aliphatic heterocycles. The van der Waals surface area contributed by atoms with Crippen molar-refractivity contribution in [3.8, 4) is 6.07 Å². The van der Waals surface area contributed by atoms with Crippen LogP contribution in [-0.2, 0) is 9.47 Å². The lowest BCUT2D eigenvalue weighted by atomic mass is 10.2. The predicted molar refractivity (Wildman–Crippen MR) is 62.1 cm³/mol. The second kappa shape index (κ2) is 7.61. The summed E-state index contributed by atoms with van der Waals surface area (Å²) in [7, 11) is 0. The number of nitrogens with zero attached hydrogens (tertiary/aromatic N) is 1. The molecule has 92 valence electrons. The average Bonchev–Trinajstić information content (AvgIpc) is 2.74. The Morgan fingerprint density at radius 1 is 1.56 bits per heavy atom. The van der Waals surface area contributed by atoms with Crippen molar-refractivity contribution in [1.29, 1.82) is 5.26 Å². The molecule has 1 aliphatic rings. The van der Waals surface area contributed by atoms with Crippen LogP contribution in [0.15, 0.2) is 0 Å². The molecule has 1 fully saturated rings. The first-order valence-electron chi connectivity index (χ1n) is 6.07. The van der Waals surface area contributed by atoms with Gasteiger partial charge >= 0.3 is 0 Å². The topological polar surface area (TPSA) is 54.3 Å². The zero-order valence-electron chi connectivity index (χ0n) is 10.2. The van der Waals surface area contributed by atoms with E-state index in [1.54, 1.807) is 0 Å². The Kier molecular flexibility index (Phi) is 6.39. The van der Waals surface area contributed by atoms with Crippen molar-refractivity contribution in [3.63, 3.8) is 0 Å². The summed E-state index contributed by atoms with van der Waals surface area (Å²) >= 11 is 0. The van der Waals surface area contributed by atoms with Crippen LogP contribution in [0.1, 0.15) is 33.1 Å². The van der Waals surface area contributed by atoms with Crippen LogP contribution in [0.3, 0.4) is 0 Å². The van der Waals surface area contributed by atoms with Crippen LogP contribution in [0.4, 0.5) is 0 Å². The van der Waals surface area contributed by atoms with Crippen LogP contribution in [0, 0.1) is 11.3 Å². The summed E-state index contributed by atoms with van der Waals surface area (Å²) < 4.78 is 11.0. The van der Waals surface area contributed by atoms with Gasteiger partial charge in [-0.2, -0.15) is 5.26 Å². The van der Waals surface area contributed by atoms with E-state index in [9.17, 15) is 0 Å². The van der Waals surface area contributed by atoms with Crippen molar-refractivity contribution >= 4 is 0 Å². The van der Waals surface area contributed by atoms with E-state index < -0.39 is 0 Å². The zero-order valence-corrected chi connectivity index (χ0v) is 10.2. The maximum Gasteiger partial charge on any atom is 0.0976 e. The van der Waals surface area contributed by atoms with Gasteiger partial charge in [0.2, 0.25) is 0 Å². The highest BCUT2D eigenvalue weighted by atomic mass is 16.5. The highest BCUT2D eigenvalue weighted by Gasteiger charge is 2.15. The largest absolute Gasteiger partial charge is 0.379 e. The minimum atomic E-state index is -0.107. The molecule has 0 spiro atoms. The highest BCUT2D eigenvalue weighted by molar-refractivity contribution is 4.90. The number of hydrogen-bond donors (Lipinski definition) is 1. The molecule has 0 radical (unpaired) electrons. The molecule has 4 heteroatoms. The van der Waals surface area contributed by atoms with Gasteiger partial charge in [-0.05, 0) is 33.1 Å². The fourth-order valence-electron chi connectivity index (χ4n) is 1.78. The van der Waals surface area contributed by atoms with Crippen molar-refractivity contribution < 1.29 is 9.47 Å². The minimum absolute atomic E-state index is 0.107. The molecule has 0 aliphatic carbocycles. The third-order valence-electron chi connectivity index (χ3n) is 2.57. The first kappa shape index (κ1) is 13.4. The van der Waals surface area contributed by atoms with E-state index in [2.05, 4.69) is 11.4 Å². The Hall–Kier alpha value is -0.630. The Balaban J connectivity index is 2.02. The smallest absolute Gasteiger partial charge is 0.0976 e. The summed E-state index contributed by atoms with van der Waals surface area (Å²) in [4.78, 5) is 0. The summed E-state index contributed by atoms with van der Waals surface area (Å²) in [5, 5.41) is 12.1. The molecule has 0 aromatic rings. The Morgan fingerprint density at radius 3 is 2.94 bits per heavy atom. The molecule has 1 saturated heterocycles. The van der Waals surface area contributed by atoms with Crippen LogP contribution in [0.2, 0.25) is 0 Å². The molecule has 1 N–H and O–H groups in total.